The molecule has 0 saturated heterocycles. The molecule has 32 heavy (non-hydrogen) atoms. The van der Waals surface area contributed by atoms with Gasteiger partial charge in [0.25, 0.3) is 0 Å². The summed E-state index contributed by atoms with van der Waals surface area (Å²) in [5.74, 6) is -0.137. The third-order valence-corrected chi connectivity index (χ3v) is 6.86. The van der Waals surface area contributed by atoms with Gasteiger partial charge in [-0.3, -0.25) is 9.78 Å². The van der Waals surface area contributed by atoms with Gasteiger partial charge in [-0.05, 0) is 54.3 Å². The van der Waals surface area contributed by atoms with Gasteiger partial charge in [-0.1, -0.05) is 36.4 Å². The zero-order valence-corrected chi connectivity index (χ0v) is 19.0. The first-order valence-corrected chi connectivity index (χ1v) is 11.7. The molecule has 1 heterocycles. The van der Waals surface area contributed by atoms with Crippen molar-refractivity contribution in [1.82, 2.24) is 14.6 Å². The summed E-state index contributed by atoms with van der Waals surface area (Å²) < 4.78 is 33.6. The lowest BCUT2D eigenvalue weighted by molar-refractivity contribution is -0.121. The first kappa shape index (κ1) is 23.4. The molecule has 2 aromatic carbocycles. The van der Waals surface area contributed by atoms with Crippen molar-refractivity contribution in [2.24, 2.45) is 0 Å². The van der Waals surface area contributed by atoms with E-state index in [1.807, 2.05) is 37.3 Å². The number of rotatable bonds is 10. The number of hydrogen-bond acceptors (Lipinski definition) is 5. The van der Waals surface area contributed by atoms with E-state index >= 15 is 0 Å². The van der Waals surface area contributed by atoms with Gasteiger partial charge in [0, 0.05) is 25.5 Å². The Bertz CT molecular complexity index is 1140. The average molecular weight is 454 g/mol. The molecule has 1 aromatic heterocycles. The number of aryl methyl sites for hydroxylation is 1. The molecule has 0 bridgehead atoms. The van der Waals surface area contributed by atoms with Crippen molar-refractivity contribution in [1.29, 1.82) is 0 Å². The smallest absolute Gasteiger partial charge is 0.247 e. The standard InChI is InChI=1S/C24H27N3O4S/c1-19-8-9-22(31-2)23(16-19)32(29,30)27(15-12-20-6-4-3-5-7-20)18-24(28)26-17-21-10-13-25-14-11-21/h3-11,13-14,16H,12,15,17-18H2,1-2H3,(H,26,28). The van der Waals surface area contributed by atoms with E-state index in [0.717, 1.165) is 16.7 Å². The number of methoxy groups -OCH3 is 1. The van der Waals surface area contributed by atoms with Gasteiger partial charge in [0.1, 0.15) is 10.6 Å². The highest BCUT2D eigenvalue weighted by molar-refractivity contribution is 7.89. The van der Waals surface area contributed by atoms with Crippen LogP contribution in [-0.4, -0.2) is 43.8 Å². The van der Waals surface area contributed by atoms with Crippen LogP contribution in [0, 0.1) is 6.92 Å². The summed E-state index contributed by atoms with van der Waals surface area (Å²) in [7, 11) is -2.55. The van der Waals surface area contributed by atoms with Crippen LogP contribution in [0.3, 0.4) is 0 Å². The van der Waals surface area contributed by atoms with E-state index in [0.29, 0.717) is 13.0 Å². The van der Waals surface area contributed by atoms with Crippen LogP contribution in [0.15, 0.2) is 78.0 Å². The minimum Gasteiger partial charge on any atom is -0.495 e. The lowest BCUT2D eigenvalue weighted by Crippen LogP contribution is -2.41. The number of hydrogen-bond donors (Lipinski definition) is 1. The highest BCUT2D eigenvalue weighted by Gasteiger charge is 2.29. The van der Waals surface area contributed by atoms with Crippen LogP contribution in [0.25, 0.3) is 0 Å². The Morgan fingerprint density at radius 1 is 1.03 bits per heavy atom. The molecule has 0 aliphatic carbocycles. The summed E-state index contributed by atoms with van der Waals surface area (Å²) >= 11 is 0. The molecular weight excluding hydrogens is 426 g/mol. The van der Waals surface area contributed by atoms with Gasteiger partial charge in [0.2, 0.25) is 15.9 Å². The molecule has 0 saturated carbocycles. The first-order chi connectivity index (χ1) is 15.4. The lowest BCUT2D eigenvalue weighted by atomic mass is 10.1. The first-order valence-electron chi connectivity index (χ1n) is 10.2. The fourth-order valence-corrected chi connectivity index (χ4v) is 4.86. The van der Waals surface area contributed by atoms with E-state index in [2.05, 4.69) is 10.3 Å². The summed E-state index contributed by atoms with van der Waals surface area (Å²) in [6.07, 6.45) is 3.76. The molecule has 0 aliphatic heterocycles. The number of carbonyl (C=O) groups is 1. The third-order valence-electron chi connectivity index (χ3n) is 4.99. The van der Waals surface area contributed by atoms with Gasteiger partial charge in [-0.2, -0.15) is 4.31 Å². The predicted molar refractivity (Wildman–Crippen MR) is 123 cm³/mol. The van der Waals surface area contributed by atoms with E-state index in [1.54, 1.807) is 42.7 Å². The second-order valence-electron chi connectivity index (χ2n) is 7.36. The number of amides is 1. The number of ether oxygens (including phenoxy) is 1. The SMILES string of the molecule is COc1ccc(C)cc1S(=O)(=O)N(CCc1ccccc1)CC(=O)NCc1ccncc1. The van der Waals surface area contributed by atoms with Gasteiger partial charge < -0.3 is 10.1 Å². The van der Waals surface area contributed by atoms with Gasteiger partial charge >= 0.3 is 0 Å². The van der Waals surface area contributed by atoms with Crippen molar-refractivity contribution in [3.05, 3.63) is 89.7 Å². The molecule has 3 aromatic rings. The van der Waals surface area contributed by atoms with Gasteiger partial charge in [-0.25, -0.2) is 8.42 Å². The Kier molecular flexibility index (Phi) is 7.97. The van der Waals surface area contributed by atoms with Crippen molar-refractivity contribution < 1.29 is 17.9 Å². The molecule has 0 fully saturated rings. The van der Waals surface area contributed by atoms with E-state index in [-0.39, 0.29) is 29.6 Å². The number of nitrogens with zero attached hydrogens (tertiary/aromatic N) is 2. The summed E-state index contributed by atoms with van der Waals surface area (Å²) in [5, 5.41) is 2.79. The molecule has 0 radical (unpaired) electrons. The lowest BCUT2D eigenvalue weighted by Gasteiger charge is -2.23. The van der Waals surface area contributed by atoms with Gasteiger partial charge in [-0.15, -0.1) is 0 Å². The fraction of sp³-hybridized carbons (Fsp3) is 0.250. The molecule has 7 nitrogen and oxygen atoms in total. The number of benzene rings is 2. The summed E-state index contributed by atoms with van der Waals surface area (Å²) in [6.45, 7) is 1.97. The summed E-state index contributed by atoms with van der Waals surface area (Å²) in [6, 6.07) is 18.1. The quantitative estimate of drug-likeness (QED) is 0.510. The zero-order valence-electron chi connectivity index (χ0n) is 18.2. The molecule has 1 N–H and O–H groups in total. The molecule has 0 aliphatic rings. The van der Waals surface area contributed by atoms with Crippen LogP contribution in [0.4, 0.5) is 0 Å². The maximum absolute atomic E-state index is 13.6. The van der Waals surface area contributed by atoms with Crippen LogP contribution < -0.4 is 10.1 Å². The van der Waals surface area contributed by atoms with Crippen molar-refractivity contribution in [2.75, 3.05) is 20.2 Å². The maximum Gasteiger partial charge on any atom is 0.247 e. The Hall–Kier alpha value is -3.23. The Morgan fingerprint density at radius 2 is 1.75 bits per heavy atom. The van der Waals surface area contributed by atoms with E-state index in [4.69, 9.17) is 4.74 Å². The number of aromatic nitrogens is 1. The number of sulfonamides is 1. The van der Waals surface area contributed by atoms with Crippen molar-refractivity contribution in [3.8, 4) is 5.75 Å². The molecular formula is C24H27N3O4S. The average Bonchev–Trinajstić information content (AvgIpc) is 2.81. The highest BCUT2D eigenvalue weighted by atomic mass is 32.2. The van der Waals surface area contributed by atoms with Crippen molar-refractivity contribution >= 4 is 15.9 Å². The molecule has 3 rings (SSSR count). The number of nitrogens with one attached hydrogen (secondary N) is 1. The maximum atomic E-state index is 13.6. The van der Waals surface area contributed by atoms with Crippen molar-refractivity contribution in [2.45, 2.75) is 24.8 Å². The largest absolute Gasteiger partial charge is 0.495 e. The minimum absolute atomic E-state index is 0.0509. The van der Waals surface area contributed by atoms with Crippen LogP contribution in [-0.2, 0) is 27.8 Å². The minimum atomic E-state index is -3.98. The Balaban J connectivity index is 1.82. The normalized spacial score (nSPS) is 11.3. The van der Waals surface area contributed by atoms with E-state index in [9.17, 15) is 13.2 Å². The van der Waals surface area contributed by atoms with Crippen molar-refractivity contribution in [3.63, 3.8) is 0 Å². The number of carbonyl (C=O) groups excluding carboxylic acids is 1. The monoisotopic (exact) mass is 453 g/mol. The summed E-state index contributed by atoms with van der Waals surface area (Å²) in [5.41, 5.74) is 2.66. The van der Waals surface area contributed by atoms with E-state index < -0.39 is 10.0 Å². The topological polar surface area (TPSA) is 88.6 Å². The molecule has 8 heteroatoms. The molecule has 0 unspecified atom stereocenters. The molecule has 0 atom stereocenters. The van der Waals surface area contributed by atoms with Crippen LogP contribution >= 0.6 is 0 Å². The molecule has 1 amide bonds. The van der Waals surface area contributed by atoms with Gasteiger partial charge in [0.15, 0.2) is 0 Å². The fourth-order valence-electron chi connectivity index (χ4n) is 3.22. The Labute approximate surface area is 189 Å². The van der Waals surface area contributed by atoms with Crippen LogP contribution in [0.5, 0.6) is 5.75 Å². The second kappa shape index (κ2) is 10.9. The predicted octanol–water partition coefficient (Wildman–Crippen LogP) is 2.95. The zero-order chi connectivity index (χ0) is 23.0. The highest BCUT2D eigenvalue weighted by Crippen LogP contribution is 2.28. The molecule has 0 spiro atoms. The summed E-state index contributed by atoms with van der Waals surface area (Å²) in [4.78, 5) is 16.7. The third kappa shape index (κ3) is 6.15. The van der Waals surface area contributed by atoms with E-state index in [1.165, 1.54) is 11.4 Å². The van der Waals surface area contributed by atoms with Crippen LogP contribution in [0.1, 0.15) is 16.7 Å². The van der Waals surface area contributed by atoms with Gasteiger partial charge in [0.05, 0.1) is 13.7 Å². The molecule has 168 valence electrons. The number of pyridine rings is 1. The van der Waals surface area contributed by atoms with Crippen LogP contribution in [0.2, 0.25) is 0 Å². The second-order valence-corrected chi connectivity index (χ2v) is 9.27. The Morgan fingerprint density at radius 3 is 2.44 bits per heavy atom.